The van der Waals surface area contributed by atoms with Crippen molar-refractivity contribution in [2.75, 3.05) is 6.61 Å². The molecule has 2 aromatic rings. The van der Waals surface area contributed by atoms with Gasteiger partial charge in [-0.3, -0.25) is 4.68 Å². The van der Waals surface area contributed by atoms with E-state index < -0.39 is 0 Å². The number of nitrogens with zero attached hydrogens (tertiary/aromatic N) is 3. The largest absolute Gasteiger partial charge is 0.396 e. The third kappa shape index (κ3) is 5.57. The summed E-state index contributed by atoms with van der Waals surface area (Å²) >= 11 is 3.44. The minimum atomic E-state index is 0.178. The number of benzene rings is 1. The van der Waals surface area contributed by atoms with Gasteiger partial charge in [0.25, 0.3) is 0 Å². The normalized spacial score (nSPS) is 12.5. The van der Waals surface area contributed by atoms with Gasteiger partial charge in [-0.05, 0) is 37.5 Å². The molecule has 2 rings (SSSR count). The van der Waals surface area contributed by atoms with Crippen LogP contribution in [0.4, 0.5) is 0 Å². The molecule has 1 aromatic carbocycles. The van der Waals surface area contributed by atoms with Crippen molar-refractivity contribution in [3.63, 3.8) is 0 Å². The highest BCUT2D eigenvalue weighted by Crippen LogP contribution is 2.12. The molecule has 0 fully saturated rings. The van der Waals surface area contributed by atoms with Crippen molar-refractivity contribution in [1.82, 2.24) is 20.3 Å². The van der Waals surface area contributed by atoms with Crippen molar-refractivity contribution in [2.24, 2.45) is 0 Å². The fraction of sp³-hybridized carbons (Fsp3) is 0.467. The van der Waals surface area contributed by atoms with Crippen molar-refractivity contribution < 1.29 is 5.11 Å². The molecule has 0 saturated carbocycles. The van der Waals surface area contributed by atoms with Gasteiger partial charge < -0.3 is 10.4 Å². The van der Waals surface area contributed by atoms with Crippen molar-refractivity contribution >= 4 is 15.9 Å². The molecular weight excluding hydrogens is 332 g/mol. The van der Waals surface area contributed by atoms with Crippen LogP contribution in [0.1, 0.15) is 24.6 Å². The van der Waals surface area contributed by atoms with E-state index in [-0.39, 0.29) is 6.61 Å². The Labute approximate surface area is 133 Å². The van der Waals surface area contributed by atoms with Crippen LogP contribution in [-0.2, 0) is 19.5 Å². The van der Waals surface area contributed by atoms with Gasteiger partial charge in [-0.1, -0.05) is 33.3 Å². The smallest absolute Gasteiger partial charge is 0.0964 e. The highest BCUT2D eigenvalue weighted by molar-refractivity contribution is 9.10. The molecule has 0 amide bonds. The van der Waals surface area contributed by atoms with E-state index in [2.05, 4.69) is 62.7 Å². The van der Waals surface area contributed by atoms with Crippen molar-refractivity contribution in [3.8, 4) is 0 Å². The Kier molecular flexibility index (Phi) is 6.35. The predicted octanol–water partition coefficient (Wildman–Crippen LogP) is 2.14. The summed E-state index contributed by atoms with van der Waals surface area (Å²) in [5.41, 5.74) is 2.24. The van der Waals surface area contributed by atoms with Gasteiger partial charge in [0.15, 0.2) is 0 Å². The molecule has 0 aliphatic rings. The third-order valence-electron chi connectivity index (χ3n) is 3.22. The summed E-state index contributed by atoms with van der Waals surface area (Å²) in [6.45, 7) is 3.75. The monoisotopic (exact) mass is 352 g/mol. The minimum Gasteiger partial charge on any atom is -0.396 e. The second kappa shape index (κ2) is 8.26. The average Bonchev–Trinajstić information content (AvgIpc) is 2.93. The Morgan fingerprint density at radius 3 is 2.81 bits per heavy atom. The van der Waals surface area contributed by atoms with Crippen LogP contribution < -0.4 is 5.32 Å². The number of nitrogens with one attached hydrogen (secondary N) is 1. The third-order valence-corrected chi connectivity index (χ3v) is 3.75. The van der Waals surface area contributed by atoms with Crippen LogP contribution in [-0.4, -0.2) is 32.7 Å². The Bertz CT molecular complexity index is 541. The van der Waals surface area contributed by atoms with E-state index in [9.17, 15) is 0 Å². The number of aliphatic hydroxyl groups excluding tert-OH is 1. The summed E-state index contributed by atoms with van der Waals surface area (Å²) < 4.78 is 2.87. The van der Waals surface area contributed by atoms with Crippen LogP contribution in [0.3, 0.4) is 0 Å². The molecule has 6 heteroatoms. The first-order chi connectivity index (χ1) is 10.2. The molecule has 0 radical (unpaired) electrons. The van der Waals surface area contributed by atoms with Crippen LogP contribution in [0, 0.1) is 0 Å². The van der Waals surface area contributed by atoms with Gasteiger partial charge in [0, 0.05) is 36.4 Å². The SMILES string of the molecule is CC(Cc1ccc(Br)cc1)NCc1cn(CCCO)nn1. The van der Waals surface area contributed by atoms with Crippen molar-refractivity contribution in [2.45, 2.75) is 38.9 Å². The molecule has 114 valence electrons. The molecule has 0 aliphatic heterocycles. The number of hydrogen-bond acceptors (Lipinski definition) is 4. The molecule has 0 aliphatic carbocycles. The number of hydrogen-bond donors (Lipinski definition) is 2. The number of aliphatic hydroxyl groups is 1. The van der Waals surface area contributed by atoms with Crippen molar-refractivity contribution in [3.05, 3.63) is 46.2 Å². The van der Waals surface area contributed by atoms with Crippen LogP contribution >= 0.6 is 15.9 Å². The number of aromatic nitrogens is 3. The Morgan fingerprint density at radius 1 is 1.33 bits per heavy atom. The molecule has 1 atom stereocenters. The fourth-order valence-electron chi connectivity index (χ4n) is 2.09. The Balaban J connectivity index is 1.76. The van der Waals surface area contributed by atoms with Gasteiger partial charge in [-0.15, -0.1) is 5.10 Å². The zero-order valence-electron chi connectivity index (χ0n) is 12.2. The summed E-state index contributed by atoms with van der Waals surface area (Å²) in [5.74, 6) is 0. The van der Waals surface area contributed by atoms with E-state index in [0.717, 1.165) is 16.6 Å². The van der Waals surface area contributed by atoms with Crippen LogP contribution in [0.15, 0.2) is 34.9 Å². The highest BCUT2D eigenvalue weighted by Gasteiger charge is 2.06. The first-order valence-electron chi connectivity index (χ1n) is 7.15. The molecule has 1 heterocycles. The standard InChI is InChI=1S/C15H21BrN4O/c1-12(9-13-3-5-14(16)6-4-13)17-10-15-11-20(19-18-15)7-2-8-21/h3-6,11-12,17,21H,2,7-10H2,1H3. The first-order valence-corrected chi connectivity index (χ1v) is 7.94. The maximum Gasteiger partial charge on any atom is 0.0964 e. The summed E-state index contributed by atoms with van der Waals surface area (Å²) in [7, 11) is 0. The molecule has 0 spiro atoms. The summed E-state index contributed by atoms with van der Waals surface area (Å²) in [5, 5.41) is 20.4. The Morgan fingerprint density at radius 2 is 2.10 bits per heavy atom. The molecule has 0 saturated heterocycles. The lowest BCUT2D eigenvalue weighted by Gasteiger charge is -2.12. The lowest BCUT2D eigenvalue weighted by atomic mass is 10.1. The molecule has 1 aromatic heterocycles. The van der Waals surface area contributed by atoms with Gasteiger partial charge in [0.1, 0.15) is 0 Å². The lowest BCUT2D eigenvalue weighted by Crippen LogP contribution is -2.27. The maximum atomic E-state index is 8.79. The molecule has 5 nitrogen and oxygen atoms in total. The van der Waals surface area contributed by atoms with Gasteiger partial charge in [-0.25, -0.2) is 0 Å². The van der Waals surface area contributed by atoms with Gasteiger partial charge in [0.05, 0.1) is 5.69 Å². The topological polar surface area (TPSA) is 63.0 Å². The van der Waals surface area contributed by atoms with Crippen LogP contribution in [0.5, 0.6) is 0 Å². The highest BCUT2D eigenvalue weighted by atomic mass is 79.9. The molecule has 1 unspecified atom stereocenters. The number of rotatable bonds is 8. The van der Waals surface area contributed by atoms with Gasteiger partial charge >= 0.3 is 0 Å². The van der Waals surface area contributed by atoms with E-state index >= 15 is 0 Å². The summed E-state index contributed by atoms with van der Waals surface area (Å²) in [6.07, 6.45) is 3.61. The minimum absolute atomic E-state index is 0.178. The maximum absolute atomic E-state index is 8.79. The molecular formula is C15H21BrN4O. The molecule has 2 N–H and O–H groups in total. The first kappa shape index (κ1) is 16.1. The van der Waals surface area contributed by atoms with E-state index in [0.29, 0.717) is 25.6 Å². The second-order valence-electron chi connectivity index (χ2n) is 5.16. The molecule has 21 heavy (non-hydrogen) atoms. The van der Waals surface area contributed by atoms with E-state index in [4.69, 9.17) is 5.11 Å². The molecule has 0 bridgehead atoms. The lowest BCUT2D eigenvalue weighted by molar-refractivity contribution is 0.276. The second-order valence-corrected chi connectivity index (χ2v) is 6.08. The van der Waals surface area contributed by atoms with Gasteiger partial charge in [-0.2, -0.15) is 0 Å². The average molecular weight is 353 g/mol. The quantitative estimate of drug-likeness (QED) is 0.763. The number of halogens is 1. The van der Waals surface area contributed by atoms with Crippen LogP contribution in [0.25, 0.3) is 0 Å². The number of aryl methyl sites for hydroxylation is 1. The fourth-order valence-corrected chi connectivity index (χ4v) is 2.35. The van der Waals surface area contributed by atoms with Crippen LogP contribution in [0.2, 0.25) is 0 Å². The van der Waals surface area contributed by atoms with E-state index in [1.165, 1.54) is 5.56 Å². The van der Waals surface area contributed by atoms with E-state index in [1.54, 1.807) is 4.68 Å². The van der Waals surface area contributed by atoms with Gasteiger partial charge in [0.2, 0.25) is 0 Å². The van der Waals surface area contributed by atoms with E-state index in [1.807, 2.05) is 6.20 Å². The summed E-state index contributed by atoms with van der Waals surface area (Å²) in [4.78, 5) is 0. The zero-order chi connectivity index (χ0) is 15.1. The van der Waals surface area contributed by atoms with Crippen molar-refractivity contribution in [1.29, 1.82) is 0 Å². The summed E-state index contributed by atoms with van der Waals surface area (Å²) in [6, 6.07) is 8.76. The zero-order valence-corrected chi connectivity index (χ0v) is 13.8. The Hall–Kier alpha value is -1.24. The predicted molar refractivity (Wildman–Crippen MR) is 85.9 cm³/mol.